The van der Waals surface area contributed by atoms with E-state index in [1.54, 1.807) is 28.2 Å². The predicted molar refractivity (Wildman–Crippen MR) is 89.9 cm³/mol. The van der Waals surface area contributed by atoms with Crippen LogP contribution in [0.15, 0.2) is 29.0 Å². The van der Waals surface area contributed by atoms with E-state index in [1.165, 1.54) is 7.11 Å². The molecule has 0 saturated carbocycles. The van der Waals surface area contributed by atoms with Crippen LogP contribution in [0.25, 0.3) is 5.82 Å². The normalized spacial score (nSPS) is 16.6. The molecule has 24 heavy (non-hydrogen) atoms. The first-order valence-corrected chi connectivity index (χ1v) is 8.41. The molecule has 1 atom stereocenters. The number of aromatic nitrogens is 4. The number of aryl methyl sites for hydroxylation is 1. The summed E-state index contributed by atoms with van der Waals surface area (Å²) in [5.74, 6) is 1.61. The first kappa shape index (κ1) is 14.8. The monoisotopic (exact) mass is 341 g/mol. The lowest BCUT2D eigenvalue weighted by atomic mass is 9.87. The molecule has 3 aromatic heterocycles. The minimum atomic E-state index is -0.0266. The molecule has 7 nitrogen and oxygen atoms in total. The average molecular weight is 341 g/mol. The van der Waals surface area contributed by atoms with Gasteiger partial charge in [-0.05, 0) is 35.4 Å². The molecular weight excluding hydrogens is 326 g/mol. The summed E-state index contributed by atoms with van der Waals surface area (Å²) >= 11 is 1.63. The Bertz CT molecular complexity index is 886. The van der Waals surface area contributed by atoms with Crippen LogP contribution in [0.4, 0.5) is 5.82 Å². The molecule has 1 N–H and O–H groups in total. The van der Waals surface area contributed by atoms with E-state index >= 15 is 0 Å². The molecule has 4 rings (SSSR count). The lowest BCUT2D eigenvalue weighted by Crippen LogP contribution is -2.24. The SMILES string of the molecule is COc1ccc(-n2nc(C)c3c2NC(=O)CC3c2ccsc2)nn1. The highest BCUT2D eigenvalue weighted by atomic mass is 32.1. The van der Waals surface area contributed by atoms with Crippen molar-refractivity contribution in [3.63, 3.8) is 0 Å². The number of nitrogens with zero attached hydrogens (tertiary/aromatic N) is 4. The maximum Gasteiger partial charge on any atom is 0.233 e. The second-order valence-electron chi connectivity index (χ2n) is 5.55. The molecule has 0 saturated heterocycles. The Morgan fingerprint density at radius 2 is 2.21 bits per heavy atom. The van der Waals surface area contributed by atoms with E-state index in [2.05, 4.69) is 32.1 Å². The number of methoxy groups -OCH3 is 1. The van der Waals surface area contributed by atoms with Gasteiger partial charge in [0.15, 0.2) is 5.82 Å². The molecule has 0 spiro atoms. The summed E-state index contributed by atoms with van der Waals surface area (Å²) in [5.41, 5.74) is 3.05. The molecule has 1 aliphatic rings. The van der Waals surface area contributed by atoms with Crippen molar-refractivity contribution in [2.24, 2.45) is 0 Å². The van der Waals surface area contributed by atoms with Gasteiger partial charge in [0.2, 0.25) is 11.8 Å². The van der Waals surface area contributed by atoms with E-state index < -0.39 is 0 Å². The molecule has 4 heterocycles. The molecule has 1 aliphatic heterocycles. The second kappa shape index (κ2) is 5.72. The van der Waals surface area contributed by atoms with Crippen LogP contribution in [0.5, 0.6) is 5.88 Å². The van der Waals surface area contributed by atoms with E-state index in [9.17, 15) is 4.79 Å². The zero-order valence-electron chi connectivity index (χ0n) is 13.2. The molecule has 0 fully saturated rings. The highest BCUT2D eigenvalue weighted by Gasteiger charge is 2.33. The number of rotatable bonds is 3. The Labute approximate surface area is 142 Å². The van der Waals surface area contributed by atoms with E-state index in [-0.39, 0.29) is 11.8 Å². The smallest absolute Gasteiger partial charge is 0.233 e. The van der Waals surface area contributed by atoms with Gasteiger partial charge in [0.1, 0.15) is 5.82 Å². The molecule has 0 radical (unpaired) electrons. The lowest BCUT2D eigenvalue weighted by Gasteiger charge is -2.23. The van der Waals surface area contributed by atoms with Crippen molar-refractivity contribution in [3.8, 4) is 11.7 Å². The van der Waals surface area contributed by atoms with Crippen molar-refractivity contribution in [2.75, 3.05) is 12.4 Å². The van der Waals surface area contributed by atoms with Crippen LogP contribution >= 0.6 is 11.3 Å². The largest absolute Gasteiger partial charge is 0.480 e. The zero-order chi connectivity index (χ0) is 16.7. The van der Waals surface area contributed by atoms with Crippen molar-refractivity contribution in [1.29, 1.82) is 0 Å². The van der Waals surface area contributed by atoms with Crippen LogP contribution in [0.1, 0.15) is 29.2 Å². The van der Waals surface area contributed by atoms with Gasteiger partial charge in [-0.3, -0.25) is 4.79 Å². The Morgan fingerprint density at radius 1 is 1.33 bits per heavy atom. The molecular formula is C16H15N5O2S. The van der Waals surface area contributed by atoms with Crippen molar-refractivity contribution >= 4 is 23.1 Å². The second-order valence-corrected chi connectivity index (χ2v) is 6.33. The van der Waals surface area contributed by atoms with Crippen LogP contribution in [0, 0.1) is 6.92 Å². The maximum atomic E-state index is 12.2. The van der Waals surface area contributed by atoms with Gasteiger partial charge in [-0.2, -0.15) is 21.1 Å². The van der Waals surface area contributed by atoms with Gasteiger partial charge in [0.25, 0.3) is 0 Å². The van der Waals surface area contributed by atoms with E-state index in [4.69, 9.17) is 4.74 Å². The van der Waals surface area contributed by atoms with Crippen LogP contribution < -0.4 is 10.1 Å². The third kappa shape index (κ3) is 2.35. The van der Waals surface area contributed by atoms with E-state index in [1.807, 2.05) is 12.3 Å². The Morgan fingerprint density at radius 3 is 2.88 bits per heavy atom. The Kier molecular flexibility index (Phi) is 3.53. The van der Waals surface area contributed by atoms with Crippen molar-refractivity contribution in [2.45, 2.75) is 19.3 Å². The standard InChI is InChI=1S/C16H15N5O2S/c1-9-15-11(10-5-6-24-8-10)7-13(22)17-16(15)21(20-9)12-3-4-14(23-2)19-18-12/h3-6,8,11H,7H2,1-2H3,(H,17,22). The molecule has 8 heteroatoms. The molecule has 1 unspecified atom stereocenters. The highest BCUT2D eigenvalue weighted by molar-refractivity contribution is 7.08. The van der Waals surface area contributed by atoms with Gasteiger partial charge >= 0.3 is 0 Å². The average Bonchev–Trinajstić information content (AvgIpc) is 3.23. The van der Waals surface area contributed by atoms with Gasteiger partial charge in [0.05, 0.1) is 12.8 Å². The summed E-state index contributed by atoms with van der Waals surface area (Å²) in [5, 5.41) is 19.7. The summed E-state index contributed by atoms with van der Waals surface area (Å²) < 4.78 is 6.67. The number of carbonyl (C=O) groups is 1. The summed E-state index contributed by atoms with van der Waals surface area (Å²) in [6.45, 7) is 1.95. The fourth-order valence-corrected chi connectivity index (χ4v) is 3.72. The van der Waals surface area contributed by atoms with Gasteiger partial charge in [-0.15, -0.1) is 10.2 Å². The number of hydrogen-bond acceptors (Lipinski definition) is 6. The lowest BCUT2D eigenvalue weighted by molar-refractivity contribution is -0.116. The molecule has 122 valence electrons. The van der Waals surface area contributed by atoms with Gasteiger partial charge < -0.3 is 10.1 Å². The van der Waals surface area contributed by atoms with Gasteiger partial charge in [0, 0.05) is 24.0 Å². The number of thiophene rings is 1. The minimum absolute atomic E-state index is 0.0138. The van der Waals surface area contributed by atoms with Crippen LogP contribution in [0.2, 0.25) is 0 Å². The van der Waals surface area contributed by atoms with E-state index in [0.717, 1.165) is 16.8 Å². The number of ether oxygens (including phenoxy) is 1. The van der Waals surface area contributed by atoms with Crippen LogP contribution in [-0.4, -0.2) is 33.0 Å². The molecule has 3 aromatic rings. The van der Waals surface area contributed by atoms with Crippen LogP contribution in [0.3, 0.4) is 0 Å². The Balaban J connectivity index is 1.84. The third-order valence-electron chi connectivity index (χ3n) is 4.10. The van der Waals surface area contributed by atoms with Gasteiger partial charge in [-0.1, -0.05) is 0 Å². The van der Waals surface area contributed by atoms with Crippen molar-refractivity contribution in [1.82, 2.24) is 20.0 Å². The number of nitrogens with one attached hydrogen (secondary N) is 1. The molecule has 1 amide bonds. The first-order valence-electron chi connectivity index (χ1n) is 7.47. The first-order chi connectivity index (χ1) is 11.7. The van der Waals surface area contributed by atoms with Gasteiger partial charge in [-0.25, -0.2) is 0 Å². The predicted octanol–water partition coefficient (Wildman–Crippen LogP) is 2.51. The fraction of sp³-hybridized carbons (Fsp3) is 0.250. The number of fused-ring (bicyclic) bond motifs is 1. The third-order valence-corrected chi connectivity index (χ3v) is 4.80. The van der Waals surface area contributed by atoms with E-state index in [0.29, 0.717) is 23.9 Å². The number of carbonyl (C=O) groups excluding carboxylic acids is 1. The van der Waals surface area contributed by atoms with Crippen molar-refractivity contribution < 1.29 is 9.53 Å². The Hall–Kier alpha value is -2.74. The zero-order valence-corrected chi connectivity index (χ0v) is 14.0. The summed E-state index contributed by atoms with van der Waals surface area (Å²) in [7, 11) is 1.54. The van der Waals surface area contributed by atoms with Crippen LogP contribution in [-0.2, 0) is 4.79 Å². The topological polar surface area (TPSA) is 81.9 Å². The number of anilines is 1. The molecule has 0 bridgehead atoms. The minimum Gasteiger partial charge on any atom is -0.480 e. The summed E-state index contributed by atoms with van der Waals surface area (Å²) in [4.78, 5) is 12.2. The fourth-order valence-electron chi connectivity index (χ4n) is 3.01. The maximum absolute atomic E-state index is 12.2. The molecule has 0 aliphatic carbocycles. The van der Waals surface area contributed by atoms with Crippen molar-refractivity contribution in [3.05, 3.63) is 45.8 Å². The highest BCUT2D eigenvalue weighted by Crippen LogP contribution is 2.40. The number of amides is 1. The molecule has 0 aromatic carbocycles. The summed E-state index contributed by atoms with van der Waals surface area (Å²) in [6, 6.07) is 5.54. The number of hydrogen-bond donors (Lipinski definition) is 1. The summed E-state index contributed by atoms with van der Waals surface area (Å²) in [6.07, 6.45) is 0.421. The quantitative estimate of drug-likeness (QED) is 0.791.